The molecule has 2 rings (SSSR count). The number of hydrogen-bond donors (Lipinski definition) is 2. The van der Waals surface area contributed by atoms with E-state index in [2.05, 4.69) is 14.5 Å². The summed E-state index contributed by atoms with van der Waals surface area (Å²) in [7, 11) is 0. The van der Waals surface area contributed by atoms with Gasteiger partial charge in [0, 0.05) is 10.5 Å². The second kappa shape index (κ2) is 5.90. The van der Waals surface area contributed by atoms with Gasteiger partial charge in [-0.05, 0) is 36.7 Å². The zero-order valence-corrected chi connectivity index (χ0v) is 12.2. The Balaban J connectivity index is 2.42. The van der Waals surface area contributed by atoms with Gasteiger partial charge in [0.2, 0.25) is 0 Å². The summed E-state index contributed by atoms with van der Waals surface area (Å²) < 4.78 is 43.2. The fourth-order valence-corrected chi connectivity index (χ4v) is 3.19. The fourth-order valence-electron chi connectivity index (χ4n) is 1.52. The number of nitrogens with zero attached hydrogens (tertiary/aromatic N) is 3. The largest absolute Gasteiger partial charge is 0.417 e. The van der Waals surface area contributed by atoms with Crippen LogP contribution in [-0.2, 0) is 6.18 Å². The van der Waals surface area contributed by atoms with Gasteiger partial charge in [0.1, 0.15) is 5.82 Å². The maximum absolute atomic E-state index is 12.9. The number of rotatable bonds is 3. The zero-order chi connectivity index (χ0) is 15.6. The van der Waals surface area contributed by atoms with Gasteiger partial charge < -0.3 is 10.9 Å². The highest BCUT2D eigenvalue weighted by molar-refractivity contribution is 8.01. The maximum Gasteiger partial charge on any atom is 0.417 e. The summed E-state index contributed by atoms with van der Waals surface area (Å²) in [4.78, 5) is 4.60. The number of halogens is 3. The van der Waals surface area contributed by atoms with E-state index in [1.807, 2.05) is 0 Å². The van der Waals surface area contributed by atoms with Crippen molar-refractivity contribution < 1.29 is 18.4 Å². The van der Waals surface area contributed by atoms with Gasteiger partial charge >= 0.3 is 6.18 Å². The van der Waals surface area contributed by atoms with Crippen LogP contribution in [0.1, 0.15) is 17.0 Å². The van der Waals surface area contributed by atoms with Crippen LogP contribution in [0.25, 0.3) is 0 Å². The minimum atomic E-state index is -4.59. The number of alkyl halides is 3. The molecular formula is C11H9F3N4OS2. The van der Waals surface area contributed by atoms with E-state index >= 15 is 0 Å². The molecule has 0 aliphatic carbocycles. The number of benzene rings is 1. The van der Waals surface area contributed by atoms with E-state index in [4.69, 9.17) is 10.9 Å². The average molecular weight is 334 g/mol. The minimum Gasteiger partial charge on any atom is -0.409 e. The van der Waals surface area contributed by atoms with E-state index in [-0.39, 0.29) is 5.56 Å². The first-order valence-electron chi connectivity index (χ1n) is 5.48. The highest BCUT2D eigenvalue weighted by Crippen LogP contribution is 2.36. The molecule has 0 saturated carbocycles. The van der Waals surface area contributed by atoms with Gasteiger partial charge in [-0.2, -0.15) is 17.5 Å². The third-order valence-corrected chi connectivity index (χ3v) is 4.23. The third kappa shape index (κ3) is 3.64. The number of aryl methyl sites for hydroxylation is 1. The van der Waals surface area contributed by atoms with Crippen LogP contribution < -0.4 is 5.73 Å². The predicted octanol–water partition coefficient (Wildman–Crippen LogP) is 3.11. The molecule has 1 aromatic heterocycles. The second-order valence-corrected chi connectivity index (χ2v) is 5.97. The zero-order valence-electron chi connectivity index (χ0n) is 10.5. The van der Waals surface area contributed by atoms with Crippen molar-refractivity contribution in [2.75, 3.05) is 0 Å². The Morgan fingerprint density at radius 3 is 2.67 bits per heavy atom. The summed E-state index contributed by atoms with van der Waals surface area (Å²) in [5.41, 5.74) is 3.98. The van der Waals surface area contributed by atoms with Gasteiger partial charge in [-0.3, -0.25) is 0 Å². The van der Waals surface area contributed by atoms with Crippen LogP contribution >= 0.6 is 23.3 Å². The molecule has 1 heterocycles. The van der Waals surface area contributed by atoms with Gasteiger partial charge in [0.25, 0.3) is 0 Å². The summed E-state index contributed by atoms with van der Waals surface area (Å²) in [5, 5.41) is 11.3. The van der Waals surface area contributed by atoms with Crippen LogP contribution in [0.2, 0.25) is 0 Å². The van der Waals surface area contributed by atoms with E-state index in [0.717, 1.165) is 29.4 Å². The molecule has 0 unspecified atom stereocenters. The van der Waals surface area contributed by atoms with Crippen LogP contribution in [0.3, 0.4) is 0 Å². The number of hydrogen-bond acceptors (Lipinski definition) is 6. The van der Waals surface area contributed by atoms with E-state index in [1.165, 1.54) is 12.1 Å². The summed E-state index contributed by atoms with van der Waals surface area (Å²) in [6.07, 6.45) is -4.59. The van der Waals surface area contributed by atoms with Crippen molar-refractivity contribution in [3.8, 4) is 0 Å². The molecule has 112 valence electrons. The van der Waals surface area contributed by atoms with Gasteiger partial charge in [-0.15, -0.1) is 0 Å². The second-order valence-electron chi connectivity index (χ2n) is 3.90. The smallest absolute Gasteiger partial charge is 0.409 e. The summed E-state index contributed by atoms with van der Waals surface area (Å²) in [6.45, 7) is 1.72. The summed E-state index contributed by atoms with van der Waals surface area (Å²) in [5.74, 6) is -0.00992. The van der Waals surface area contributed by atoms with Crippen LogP contribution in [0, 0.1) is 6.92 Å². The number of nitrogens with two attached hydrogens (primary N) is 1. The molecule has 0 spiro atoms. The highest BCUT2D eigenvalue weighted by Gasteiger charge is 2.34. The molecule has 21 heavy (non-hydrogen) atoms. The van der Waals surface area contributed by atoms with Crippen molar-refractivity contribution in [3.05, 3.63) is 35.2 Å². The Hall–Kier alpha value is -1.81. The molecule has 0 aliphatic rings. The van der Waals surface area contributed by atoms with Gasteiger partial charge in [-0.25, -0.2) is 4.98 Å². The van der Waals surface area contributed by atoms with Crippen molar-refractivity contribution in [3.63, 3.8) is 0 Å². The first-order chi connectivity index (χ1) is 9.81. The van der Waals surface area contributed by atoms with Gasteiger partial charge in [0.05, 0.1) is 5.56 Å². The molecule has 3 N–H and O–H groups in total. The Bertz CT molecular complexity index is 684. The Labute approximate surface area is 125 Å². The Morgan fingerprint density at radius 2 is 2.14 bits per heavy atom. The van der Waals surface area contributed by atoms with Gasteiger partial charge in [-0.1, -0.05) is 16.9 Å². The summed E-state index contributed by atoms with van der Waals surface area (Å²) in [6, 6.07) is 3.40. The molecule has 0 fully saturated rings. The van der Waals surface area contributed by atoms with Crippen LogP contribution in [0.15, 0.2) is 32.6 Å². The highest BCUT2D eigenvalue weighted by atomic mass is 32.2. The molecule has 0 saturated heterocycles. The molecular weight excluding hydrogens is 325 g/mol. The lowest BCUT2D eigenvalue weighted by Gasteiger charge is -2.12. The van der Waals surface area contributed by atoms with Crippen LogP contribution in [-0.4, -0.2) is 20.4 Å². The molecule has 0 atom stereocenters. The Morgan fingerprint density at radius 1 is 1.43 bits per heavy atom. The lowest BCUT2D eigenvalue weighted by atomic mass is 10.1. The lowest BCUT2D eigenvalue weighted by molar-refractivity contribution is -0.137. The average Bonchev–Trinajstić information content (AvgIpc) is 2.82. The topological polar surface area (TPSA) is 84.4 Å². The standard InChI is InChI=1S/C11H9F3N4OS2/c1-5-16-10(21-18-5)20-6-2-3-8(11(12,13)14)7(4-6)9(15)17-19/h2-4,19H,1H3,(H2,15,17). The molecule has 1 aromatic carbocycles. The minimum absolute atomic E-state index is 0.378. The van der Waals surface area contributed by atoms with Crippen molar-refractivity contribution in [1.29, 1.82) is 0 Å². The van der Waals surface area contributed by atoms with E-state index < -0.39 is 17.6 Å². The van der Waals surface area contributed by atoms with Crippen molar-refractivity contribution in [2.45, 2.75) is 22.3 Å². The van der Waals surface area contributed by atoms with Crippen LogP contribution in [0.4, 0.5) is 13.2 Å². The molecule has 0 bridgehead atoms. The quantitative estimate of drug-likeness (QED) is 0.390. The molecule has 2 aromatic rings. The summed E-state index contributed by atoms with van der Waals surface area (Å²) >= 11 is 2.30. The first kappa shape index (κ1) is 15.6. The molecule has 0 radical (unpaired) electrons. The van der Waals surface area contributed by atoms with Gasteiger partial charge in [0.15, 0.2) is 10.2 Å². The van der Waals surface area contributed by atoms with Crippen LogP contribution in [0.5, 0.6) is 0 Å². The lowest BCUT2D eigenvalue weighted by Crippen LogP contribution is -2.20. The molecule has 0 aliphatic heterocycles. The fraction of sp³-hybridized carbons (Fsp3) is 0.182. The predicted molar refractivity (Wildman–Crippen MR) is 72.7 cm³/mol. The normalized spacial score (nSPS) is 12.7. The number of aromatic nitrogens is 2. The van der Waals surface area contributed by atoms with E-state index in [0.29, 0.717) is 15.1 Å². The number of amidine groups is 1. The maximum atomic E-state index is 12.9. The number of oxime groups is 1. The molecule has 0 amide bonds. The van der Waals surface area contributed by atoms with E-state index in [9.17, 15) is 13.2 Å². The monoisotopic (exact) mass is 334 g/mol. The first-order valence-corrected chi connectivity index (χ1v) is 7.07. The molecule has 5 nitrogen and oxygen atoms in total. The van der Waals surface area contributed by atoms with Crippen molar-refractivity contribution in [1.82, 2.24) is 9.36 Å². The Kier molecular flexibility index (Phi) is 4.37. The van der Waals surface area contributed by atoms with E-state index in [1.54, 1.807) is 6.92 Å². The molecule has 10 heteroatoms. The third-order valence-electron chi connectivity index (χ3n) is 2.39. The van der Waals surface area contributed by atoms with Crippen molar-refractivity contribution in [2.24, 2.45) is 10.9 Å². The SMILES string of the molecule is Cc1nsc(Sc2ccc(C(F)(F)F)c(/C(N)=N/O)c2)n1. The van der Waals surface area contributed by atoms with Crippen molar-refractivity contribution >= 4 is 29.1 Å².